The summed E-state index contributed by atoms with van der Waals surface area (Å²) in [5, 5.41) is 9.18. The number of carboxylic acid groups (broad SMARTS) is 1. The smallest absolute Gasteiger partial charge is 0.320 e. The molecule has 0 saturated heterocycles. The van der Waals surface area contributed by atoms with Crippen molar-refractivity contribution in [3.63, 3.8) is 0 Å². The van der Waals surface area contributed by atoms with E-state index < -0.39 is 23.5 Å². The first-order valence-electron chi connectivity index (χ1n) is 10.1. The number of esters is 1. The van der Waals surface area contributed by atoms with Crippen LogP contribution in [-0.4, -0.2) is 22.6 Å². The van der Waals surface area contributed by atoms with E-state index >= 15 is 0 Å². The number of carboxylic acids is 1. The topological polar surface area (TPSA) is 63.6 Å². The van der Waals surface area contributed by atoms with Crippen LogP contribution in [0.5, 0.6) is 0 Å². The summed E-state index contributed by atoms with van der Waals surface area (Å²) in [6.45, 7) is 1.40. The van der Waals surface area contributed by atoms with Gasteiger partial charge in [0.05, 0.1) is 0 Å². The fraction of sp³-hybridized carbons (Fsp3) is 0.417. The molecule has 0 aromatic heterocycles. The van der Waals surface area contributed by atoms with Gasteiger partial charge in [-0.1, -0.05) is 48.9 Å². The van der Waals surface area contributed by atoms with Crippen LogP contribution in [-0.2, 0) is 27.2 Å². The van der Waals surface area contributed by atoms with Gasteiger partial charge in [-0.2, -0.15) is 0 Å². The molecule has 0 aliphatic heterocycles. The summed E-state index contributed by atoms with van der Waals surface area (Å²) in [5.74, 6) is -2.89. The Morgan fingerprint density at radius 1 is 1.04 bits per heavy atom. The molecule has 1 fully saturated rings. The van der Waals surface area contributed by atoms with E-state index in [0.29, 0.717) is 6.42 Å². The maximum absolute atomic E-state index is 12.5. The van der Waals surface area contributed by atoms with E-state index in [2.05, 4.69) is 42.5 Å². The van der Waals surface area contributed by atoms with Gasteiger partial charge in [-0.3, -0.25) is 9.59 Å². The van der Waals surface area contributed by atoms with Crippen LogP contribution >= 0.6 is 0 Å². The van der Waals surface area contributed by atoms with Crippen LogP contribution < -0.4 is 0 Å². The SMILES string of the molecule is CC(C(=O)O)C(=O)OC1(Cc2cccc3c2Cc2ccccc2-3)CCCCC1. The van der Waals surface area contributed by atoms with Gasteiger partial charge in [-0.15, -0.1) is 0 Å². The lowest BCUT2D eigenvalue weighted by atomic mass is 9.79. The summed E-state index contributed by atoms with van der Waals surface area (Å²) >= 11 is 0. The Kier molecular flexibility index (Phi) is 4.96. The lowest BCUT2D eigenvalue weighted by molar-refractivity contribution is -0.172. The normalized spacial score (nSPS) is 18.0. The number of carbonyl (C=O) groups excluding carboxylic acids is 1. The summed E-state index contributed by atoms with van der Waals surface area (Å²) in [6.07, 6.45) is 6.28. The quantitative estimate of drug-likeness (QED) is 0.513. The van der Waals surface area contributed by atoms with Crippen molar-refractivity contribution in [1.29, 1.82) is 0 Å². The number of fused-ring (bicyclic) bond motifs is 3. The van der Waals surface area contributed by atoms with Crippen LogP contribution in [0.1, 0.15) is 55.7 Å². The molecule has 0 heterocycles. The molecular weight excluding hydrogens is 352 g/mol. The molecular formula is C24H26O4. The average molecular weight is 378 g/mol. The van der Waals surface area contributed by atoms with E-state index in [9.17, 15) is 14.7 Å². The minimum absolute atomic E-state index is 0.594. The van der Waals surface area contributed by atoms with Crippen molar-refractivity contribution in [3.05, 3.63) is 59.2 Å². The highest BCUT2D eigenvalue weighted by molar-refractivity contribution is 5.93. The minimum Gasteiger partial charge on any atom is -0.481 e. The van der Waals surface area contributed by atoms with E-state index in [4.69, 9.17) is 4.74 Å². The second-order valence-corrected chi connectivity index (χ2v) is 8.18. The molecule has 2 aliphatic carbocycles. The Balaban J connectivity index is 1.64. The Hall–Kier alpha value is -2.62. The first-order chi connectivity index (χ1) is 13.5. The molecule has 1 N–H and O–H groups in total. The number of aliphatic carboxylic acids is 1. The first kappa shape index (κ1) is 18.7. The van der Waals surface area contributed by atoms with Gasteiger partial charge in [-0.05, 0) is 66.8 Å². The van der Waals surface area contributed by atoms with Crippen molar-refractivity contribution < 1.29 is 19.4 Å². The van der Waals surface area contributed by atoms with Crippen LogP contribution in [0.25, 0.3) is 11.1 Å². The summed E-state index contributed by atoms with van der Waals surface area (Å²) in [7, 11) is 0. The Morgan fingerprint density at radius 3 is 2.50 bits per heavy atom. The molecule has 4 nitrogen and oxygen atoms in total. The highest BCUT2D eigenvalue weighted by atomic mass is 16.6. The molecule has 0 spiro atoms. The van der Waals surface area contributed by atoms with Crippen molar-refractivity contribution in [1.82, 2.24) is 0 Å². The lowest BCUT2D eigenvalue weighted by Crippen LogP contribution is -2.42. The van der Waals surface area contributed by atoms with Crippen LogP contribution in [0.3, 0.4) is 0 Å². The third-order valence-corrected chi connectivity index (χ3v) is 6.27. The molecule has 4 rings (SSSR count). The molecule has 28 heavy (non-hydrogen) atoms. The number of carbonyl (C=O) groups is 2. The van der Waals surface area contributed by atoms with Gasteiger partial charge in [0.1, 0.15) is 5.60 Å². The molecule has 2 aromatic rings. The molecule has 2 aliphatic rings. The van der Waals surface area contributed by atoms with Gasteiger partial charge in [0.25, 0.3) is 0 Å². The molecule has 4 heteroatoms. The highest BCUT2D eigenvalue weighted by Crippen LogP contribution is 2.42. The van der Waals surface area contributed by atoms with Crippen LogP contribution in [0.2, 0.25) is 0 Å². The third kappa shape index (κ3) is 3.44. The molecule has 1 atom stereocenters. The zero-order chi connectivity index (χ0) is 19.7. The fourth-order valence-electron chi connectivity index (χ4n) is 4.65. The van der Waals surface area contributed by atoms with Crippen molar-refractivity contribution in [2.75, 3.05) is 0 Å². The molecule has 146 valence electrons. The number of rotatable bonds is 5. The van der Waals surface area contributed by atoms with E-state index in [-0.39, 0.29) is 0 Å². The largest absolute Gasteiger partial charge is 0.481 e. The fourth-order valence-corrected chi connectivity index (χ4v) is 4.65. The number of benzene rings is 2. The van der Waals surface area contributed by atoms with Crippen molar-refractivity contribution in [3.8, 4) is 11.1 Å². The first-order valence-corrected chi connectivity index (χ1v) is 10.1. The third-order valence-electron chi connectivity index (χ3n) is 6.27. The molecule has 0 bridgehead atoms. The minimum atomic E-state index is -1.13. The van der Waals surface area contributed by atoms with Gasteiger partial charge in [0.15, 0.2) is 5.92 Å². The predicted octanol–water partition coefficient (Wildman–Crippen LogP) is 4.77. The maximum Gasteiger partial charge on any atom is 0.320 e. The van der Waals surface area contributed by atoms with E-state index in [0.717, 1.165) is 38.5 Å². The zero-order valence-corrected chi connectivity index (χ0v) is 16.2. The lowest BCUT2D eigenvalue weighted by Gasteiger charge is -2.38. The monoisotopic (exact) mass is 378 g/mol. The summed E-state index contributed by atoms with van der Waals surface area (Å²) in [4.78, 5) is 23.7. The van der Waals surface area contributed by atoms with Crippen molar-refractivity contribution >= 4 is 11.9 Å². The Bertz CT molecular complexity index is 909. The van der Waals surface area contributed by atoms with Gasteiger partial charge in [-0.25, -0.2) is 0 Å². The molecule has 0 radical (unpaired) electrons. The summed E-state index contributed by atoms with van der Waals surface area (Å²) in [5.41, 5.74) is 5.82. The average Bonchev–Trinajstić information content (AvgIpc) is 3.08. The Labute approximate surface area is 165 Å². The zero-order valence-electron chi connectivity index (χ0n) is 16.2. The van der Waals surface area contributed by atoms with Crippen LogP contribution in [0.4, 0.5) is 0 Å². The molecule has 2 aromatic carbocycles. The number of hydrogen-bond donors (Lipinski definition) is 1. The number of hydrogen-bond acceptors (Lipinski definition) is 3. The van der Waals surface area contributed by atoms with E-state index in [1.807, 2.05) is 0 Å². The second kappa shape index (κ2) is 7.42. The van der Waals surface area contributed by atoms with Gasteiger partial charge >= 0.3 is 11.9 Å². The highest BCUT2D eigenvalue weighted by Gasteiger charge is 2.39. The van der Waals surface area contributed by atoms with Gasteiger partial charge < -0.3 is 9.84 Å². The standard InChI is InChI=1S/C24H26O4/c1-16(22(25)26)23(27)28-24(12-5-2-6-13-24)15-18-9-7-11-20-19-10-4-3-8-17(19)14-21(18)20/h3-4,7-11,16H,2,5-6,12-15H2,1H3,(H,25,26). The van der Waals surface area contributed by atoms with Gasteiger partial charge in [0, 0.05) is 6.42 Å². The molecule has 1 unspecified atom stereocenters. The summed E-state index contributed by atoms with van der Waals surface area (Å²) in [6, 6.07) is 14.8. The van der Waals surface area contributed by atoms with E-state index in [1.54, 1.807) is 0 Å². The summed E-state index contributed by atoms with van der Waals surface area (Å²) < 4.78 is 5.92. The van der Waals surface area contributed by atoms with Crippen molar-refractivity contribution in [2.24, 2.45) is 5.92 Å². The molecule has 0 amide bonds. The predicted molar refractivity (Wildman–Crippen MR) is 107 cm³/mol. The van der Waals surface area contributed by atoms with E-state index in [1.165, 1.54) is 34.7 Å². The van der Waals surface area contributed by atoms with Gasteiger partial charge in [0.2, 0.25) is 0 Å². The Morgan fingerprint density at radius 2 is 1.75 bits per heavy atom. The number of ether oxygens (including phenoxy) is 1. The van der Waals surface area contributed by atoms with Crippen molar-refractivity contribution in [2.45, 2.75) is 57.5 Å². The maximum atomic E-state index is 12.5. The van der Waals surface area contributed by atoms with Crippen LogP contribution in [0.15, 0.2) is 42.5 Å². The second-order valence-electron chi connectivity index (χ2n) is 8.18. The molecule has 1 saturated carbocycles. The van der Waals surface area contributed by atoms with Crippen LogP contribution in [0, 0.1) is 5.92 Å².